The van der Waals surface area contributed by atoms with Crippen molar-refractivity contribution in [2.45, 2.75) is 24.5 Å². The molecule has 1 aliphatic rings. The molecule has 0 amide bonds. The van der Waals surface area contributed by atoms with Crippen LogP contribution >= 0.6 is 15.6 Å². The molecule has 0 radical (unpaired) electrons. The molecule has 2 unspecified atom stereocenters. The molecule has 1 saturated heterocycles. The largest absolute Gasteiger partial charge is 0.480 e. The van der Waals surface area contributed by atoms with Gasteiger partial charge in [-0.05, 0) is 0 Å². The Labute approximate surface area is 190 Å². The van der Waals surface area contributed by atoms with Gasteiger partial charge < -0.3 is 30.1 Å². The number of nitrogens with zero attached hydrogens (tertiary/aromatic N) is 5. The minimum absolute atomic E-state index is 0.113. The number of aromatic nitrogens is 6. The number of aliphatic hydroxyl groups excluding tert-OH is 1. The van der Waals surface area contributed by atoms with Crippen molar-refractivity contribution in [3.8, 4) is 0 Å². The SMILES string of the molecule is CO[C@H]1[C@@H](O)[C@H]([n+]2cn(C)c3c(=O)[nH]c(N)nc32)O[C@@H]1COP(=O)(O)OP(=O)(O)n1ccnc1. The van der Waals surface area contributed by atoms with E-state index in [2.05, 4.69) is 19.3 Å². The summed E-state index contributed by atoms with van der Waals surface area (Å²) in [6.07, 6.45) is -0.0390. The number of phosphoric acid groups is 1. The fourth-order valence-electron chi connectivity index (χ4n) is 3.60. The lowest BCUT2D eigenvalue weighted by molar-refractivity contribution is -0.745. The first-order chi connectivity index (χ1) is 15.9. The van der Waals surface area contributed by atoms with E-state index < -0.39 is 52.3 Å². The molecule has 4 heterocycles. The van der Waals surface area contributed by atoms with Crippen LogP contribution in [-0.2, 0) is 34.5 Å². The second-order valence-corrected chi connectivity index (χ2v) is 10.6. The molecule has 6 N–H and O–H groups in total. The fourth-order valence-corrected chi connectivity index (χ4v) is 5.95. The Balaban J connectivity index is 1.54. The number of H-pyrrole nitrogens is 1. The number of aryl methyl sites for hydroxylation is 1. The standard InChI is InChI=1S/C15H21N7O10P2/c1-20-7-22(12-9(20)13(24)19-15(16)18-12)14-10(23)11(29-2)8(31-14)5-30-34(27,28)32-33(25,26)21-4-3-17-6-21/h3-4,6-8,10-11,14,23H,5H2,1-2H3,(H4-,16,18,19,24,25,26,27,28)/p+1/t8-,10-,11-,14-/m1/s1. The number of hydrogen-bond acceptors (Lipinski definition) is 11. The molecular weight excluding hydrogens is 500 g/mol. The van der Waals surface area contributed by atoms with Crippen LogP contribution in [-0.4, -0.2) is 70.8 Å². The van der Waals surface area contributed by atoms with Crippen molar-refractivity contribution in [1.29, 1.82) is 0 Å². The lowest BCUT2D eigenvalue weighted by Gasteiger charge is -2.20. The number of nitrogen functional groups attached to an aromatic ring is 1. The Kier molecular flexibility index (Phi) is 6.50. The number of nitrogens with one attached hydrogen (secondary N) is 1. The molecule has 0 saturated carbocycles. The van der Waals surface area contributed by atoms with Gasteiger partial charge in [-0.1, -0.05) is 4.98 Å². The van der Waals surface area contributed by atoms with E-state index in [4.69, 9.17) is 19.7 Å². The average Bonchev–Trinajstić information content (AvgIpc) is 3.44. The third kappa shape index (κ3) is 4.57. The van der Waals surface area contributed by atoms with Crippen molar-refractivity contribution in [2.75, 3.05) is 19.5 Å². The van der Waals surface area contributed by atoms with Crippen LogP contribution in [0.5, 0.6) is 0 Å². The predicted octanol–water partition coefficient (Wildman–Crippen LogP) is -1.62. The zero-order valence-corrected chi connectivity index (χ0v) is 19.5. The van der Waals surface area contributed by atoms with Crippen LogP contribution in [0, 0.1) is 0 Å². The smallest absolute Gasteiger partial charge is 0.384 e. The number of rotatable bonds is 8. The van der Waals surface area contributed by atoms with Gasteiger partial charge >= 0.3 is 21.2 Å². The number of aromatic amines is 1. The zero-order valence-electron chi connectivity index (χ0n) is 17.7. The van der Waals surface area contributed by atoms with Crippen LogP contribution in [0.1, 0.15) is 6.23 Å². The maximum Gasteiger partial charge on any atom is 0.480 e. The molecule has 34 heavy (non-hydrogen) atoms. The van der Waals surface area contributed by atoms with Gasteiger partial charge in [-0.3, -0.25) is 18.9 Å². The van der Waals surface area contributed by atoms with E-state index in [9.17, 15) is 28.8 Å². The minimum atomic E-state index is -5.07. The Morgan fingerprint density at radius 1 is 1.38 bits per heavy atom. The van der Waals surface area contributed by atoms with Crippen molar-refractivity contribution in [3.05, 3.63) is 35.4 Å². The number of hydrogen-bond donors (Lipinski definition) is 5. The maximum absolute atomic E-state index is 12.3. The van der Waals surface area contributed by atoms with Crippen molar-refractivity contribution in [3.63, 3.8) is 0 Å². The van der Waals surface area contributed by atoms with E-state index in [-0.39, 0.29) is 17.1 Å². The van der Waals surface area contributed by atoms with Gasteiger partial charge in [-0.15, -0.1) is 0 Å². The van der Waals surface area contributed by atoms with E-state index in [1.807, 2.05) is 0 Å². The fraction of sp³-hybridized carbons (Fsp3) is 0.467. The van der Waals surface area contributed by atoms with Crippen LogP contribution in [0.15, 0.2) is 29.8 Å². The van der Waals surface area contributed by atoms with Crippen molar-refractivity contribution >= 4 is 32.7 Å². The zero-order chi connectivity index (χ0) is 24.8. The highest BCUT2D eigenvalue weighted by Crippen LogP contribution is 2.60. The first-order valence-corrected chi connectivity index (χ1v) is 12.6. The number of phosphoric ester groups is 1. The molecule has 19 heteroatoms. The van der Waals surface area contributed by atoms with Crippen molar-refractivity contribution in [2.24, 2.45) is 7.05 Å². The normalized spacial score (nSPS) is 26.5. The van der Waals surface area contributed by atoms with Gasteiger partial charge in [0.05, 0.1) is 13.7 Å². The number of ether oxygens (including phenoxy) is 2. The van der Waals surface area contributed by atoms with Gasteiger partial charge in [-0.25, -0.2) is 23.0 Å². The van der Waals surface area contributed by atoms with Gasteiger partial charge in [0, 0.05) is 19.5 Å². The Hall–Kier alpha value is -2.46. The van der Waals surface area contributed by atoms with Crippen molar-refractivity contribution < 1.29 is 46.9 Å². The summed E-state index contributed by atoms with van der Waals surface area (Å²) in [5, 5.41) is 10.8. The monoisotopic (exact) mass is 522 g/mol. The van der Waals surface area contributed by atoms with E-state index >= 15 is 0 Å². The number of methoxy groups -OCH3 is 1. The summed E-state index contributed by atoms with van der Waals surface area (Å²) in [7, 11) is -6.99. The molecule has 3 aromatic rings. The van der Waals surface area contributed by atoms with Crippen LogP contribution in [0.3, 0.4) is 0 Å². The number of fused-ring (bicyclic) bond motifs is 1. The molecule has 0 aliphatic carbocycles. The summed E-state index contributed by atoms with van der Waals surface area (Å²) in [5.41, 5.74) is 5.40. The highest BCUT2D eigenvalue weighted by atomic mass is 31.3. The average molecular weight is 522 g/mol. The Bertz CT molecular complexity index is 1340. The van der Waals surface area contributed by atoms with Crippen molar-refractivity contribution in [1.82, 2.24) is 23.9 Å². The van der Waals surface area contributed by atoms with Crippen LogP contribution in [0.25, 0.3) is 11.2 Å². The van der Waals surface area contributed by atoms with E-state index in [1.165, 1.54) is 28.8 Å². The molecule has 1 aliphatic heterocycles. The highest BCUT2D eigenvalue weighted by Gasteiger charge is 2.49. The second-order valence-electron chi connectivity index (χ2n) is 7.29. The molecule has 1 fully saturated rings. The molecule has 6 atom stereocenters. The lowest BCUT2D eigenvalue weighted by atomic mass is 10.1. The predicted molar refractivity (Wildman–Crippen MR) is 111 cm³/mol. The van der Waals surface area contributed by atoms with Crippen LogP contribution in [0.2, 0.25) is 0 Å². The summed E-state index contributed by atoms with van der Waals surface area (Å²) in [4.78, 5) is 42.1. The van der Waals surface area contributed by atoms with Gasteiger partial charge in [0.2, 0.25) is 11.7 Å². The highest BCUT2D eigenvalue weighted by molar-refractivity contribution is 7.63. The summed E-state index contributed by atoms with van der Waals surface area (Å²) >= 11 is 0. The first kappa shape index (κ1) is 24.7. The topological polar surface area (TPSA) is 230 Å². The molecule has 0 bridgehead atoms. The molecule has 4 rings (SSSR count). The van der Waals surface area contributed by atoms with Gasteiger partial charge in [-0.2, -0.15) is 4.31 Å². The molecular formula is C15H22N7O10P2+. The molecule has 3 aromatic heterocycles. The Morgan fingerprint density at radius 2 is 2.12 bits per heavy atom. The summed E-state index contributed by atoms with van der Waals surface area (Å²) < 4.78 is 48.2. The minimum Gasteiger partial charge on any atom is -0.384 e. The molecule has 186 valence electrons. The van der Waals surface area contributed by atoms with Crippen LogP contribution < -0.4 is 15.9 Å². The summed E-state index contributed by atoms with van der Waals surface area (Å²) in [6, 6.07) is 0. The second kappa shape index (κ2) is 8.96. The first-order valence-electron chi connectivity index (χ1n) is 9.56. The van der Waals surface area contributed by atoms with Gasteiger partial charge in [0.25, 0.3) is 11.5 Å². The number of imidazole rings is 2. The van der Waals surface area contributed by atoms with Crippen LogP contribution in [0.4, 0.5) is 5.95 Å². The maximum atomic E-state index is 12.3. The third-order valence-corrected chi connectivity index (χ3v) is 8.01. The summed E-state index contributed by atoms with van der Waals surface area (Å²) in [5.74, 6) is -0.155. The Morgan fingerprint density at radius 3 is 2.76 bits per heavy atom. The number of anilines is 1. The van der Waals surface area contributed by atoms with Gasteiger partial charge in [0.1, 0.15) is 24.6 Å². The van der Waals surface area contributed by atoms with E-state index in [0.717, 1.165) is 12.5 Å². The molecule has 0 aromatic carbocycles. The van der Waals surface area contributed by atoms with Gasteiger partial charge in [0.15, 0.2) is 6.33 Å². The number of nitrogens with two attached hydrogens (primary N) is 1. The number of aliphatic hydroxyl groups is 1. The third-order valence-electron chi connectivity index (χ3n) is 5.04. The lowest BCUT2D eigenvalue weighted by Crippen LogP contribution is -2.46. The molecule has 0 spiro atoms. The van der Waals surface area contributed by atoms with E-state index in [0.29, 0.717) is 4.34 Å². The quantitative estimate of drug-likeness (QED) is 0.166. The molecule has 17 nitrogen and oxygen atoms in total. The van der Waals surface area contributed by atoms with E-state index in [1.54, 1.807) is 7.05 Å². The summed E-state index contributed by atoms with van der Waals surface area (Å²) in [6.45, 7) is -0.661.